The average molecular weight is 280 g/mol. The van der Waals surface area contributed by atoms with E-state index in [0.717, 1.165) is 25.9 Å². The summed E-state index contributed by atoms with van der Waals surface area (Å²) in [6, 6.07) is 4.50. The van der Waals surface area contributed by atoms with E-state index >= 15 is 0 Å². The highest BCUT2D eigenvalue weighted by Crippen LogP contribution is 2.09. The summed E-state index contributed by atoms with van der Waals surface area (Å²) in [6.45, 7) is 4.58. The summed E-state index contributed by atoms with van der Waals surface area (Å²) >= 11 is 0. The van der Waals surface area contributed by atoms with Crippen molar-refractivity contribution in [2.75, 3.05) is 26.2 Å². The number of rotatable bonds is 5. The van der Waals surface area contributed by atoms with Crippen LogP contribution in [0, 0.1) is 12.7 Å². The van der Waals surface area contributed by atoms with Gasteiger partial charge in [-0.1, -0.05) is 6.07 Å². The summed E-state index contributed by atoms with van der Waals surface area (Å²) in [5.74, 6) is -0.624. The molecule has 0 aliphatic carbocycles. The number of amides is 1. The zero-order valence-corrected chi connectivity index (χ0v) is 11.7. The molecule has 1 aromatic rings. The van der Waals surface area contributed by atoms with Crippen molar-refractivity contribution in [2.45, 2.75) is 25.9 Å². The Bertz CT molecular complexity index is 459. The number of carbonyl (C=O) groups is 1. The Morgan fingerprint density at radius 2 is 2.20 bits per heavy atom. The number of nitrogens with one attached hydrogen (secondary N) is 2. The van der Waals surface area contributed by atoms with Gasteiger partial charge in [0, 0.05) is 12.1 Å². The SMILES string of the molecule is Cc1ccc(C(=O)NCCOC2CCNCC2)cc1F. The number of ether oxygens (including phenoxy) is 1. The van der Waals surface area contributed by atoms with E-state index in [1.807, 2.05) is 0 Å². The molecule has 1 aliphatic rings. The molecule has 20 heavy (non-hydrogen) atoms. The van der Waals surface area contributed by atoms with Crippen LogP contribution >= 0.6 is 0 Å². The summed E-state index contributed by atoms with van der Waals surface area (Å²) in [6.07, 6.45) is 2.30. The van der Waals surface area contributed by atoms with Crippen LogP contribution < -0.4 is 10.6 Å². The monoisotopic (exact) mass is 280 g/mol. The van der Waals surface area contributed by atoms with Crippen LogP contribution in [0.4, 0.5) is 4.39 Å². The lowest BCUT2D eigenvalue weighted by atomic mass is 10.1. The number of halogens is 1. The molecule has 110 valence electrons. The topological polar surface area (TPSA) is 50.4 Å². The Morgan fingerprint density at radius 1 is 1.45 bits per heavy atom. The maximum absolute atomic E-state index is 13.4. The molecular weight excluding hydrogens is 259 g/mol. The minimum absolute atomic E-state index is 0.266. The number of carbonyl (C=O) groups excluding carboxylic acids is 1. The predicted octanol–water partition coefficient (Wildman–Crippen LogP) is 1.63. The van der Waals surface area contributed by atoms with Crippen LogP contribution in [0.3, 0.4) is 0 Å². The first-order valence-electron chi connectivity index (χ1n) is 7.03. The maximum atomic E-state index is 13.4. The van der Waals surface area contributed by atoms with Gasteiger partial charge in [0.2, 0.25) is 0 Å². The fraction of sp³-hybridized carbons (Fsp3) is 0.533. The van der Waals surface area contributed by atoms with Crippen molar-refractivity contribution in [3.63, 3.8) is 0 Å². The molecule has 0 spiro atoms. The van der Waals surface area contributed by atoms with Gasteiger partial charge in [-0.05, 0) is 50.6 Å². The lowest BCUT2D eigenvalue weighted by molar-refractivity contribution is 0.0343. The van der Waals surface area contributed by atoms with Gasteiger partial charge in [0.15, 0.2) is 0 Å². The van der Waals surface area contributed by atoms with E-state index in [4.69, 9.17) is 4.74 Å². The van der Waals surface area contributed by atoms with Crippen molar-refractivity contribution in [2.24, 2.45) is 0 Å². The van der Waals surface area contributed by atoms with Crippen molar-refractivity contribution < 1.29 is 13.9 Å². The van der Waals surface area contributed by atoms with E-state index in [9.17, 15) is 9.18 Å². The van der Waals surface area contributed by atoms with Gasteiger partial charge in [0.05, 0.1) is 12.7 Å². The van der Waals surface area contributed by atoms with Crippen LogP contribution in [0.25, 0.3) is 0 Å². The largest absolute Gasteiger partial charge is 0.376 e. The predicted molar refractivity (Wildman–Crippen MR) is 75.3 cm³/mol. The van der Waals surface area contributed by atoms with Gasteiger partial charge in [-0.25, -0.2) is 4.39 Å². The third kappa shape index (κ3) is 4.28. The van der Waals surface area contributed by atoms with Gasteiger partial charge in [0.1, 0.15) is 5.82 Å². The smallest absolute Gasteiger partial charge is 0.251 e. The number of hydrogen-bond donors (Lipinski definition) is 2. The Morgan fingerprint density at radius 3 is 2.90 bits per heavy atom. The highest BCUT2D eigenvalue weighted by Gasteiger charge is 2.13. The molecule has 2 rings (SSSR count). The summed E-state index contributed by atoms with van der Waals surface area (Å²) in [5.41, 5.74) is 0.880. The molecule has 4 nitrogen and oxygen atoms in total. The van der Waals surface area contributed by atoms with Gasteiger partial charge in [-0.2, -0.15) is 0 Å². The highest BCUT2D eigenvalue weighted by atomic mass is 19.1. The molecule has 0 radical (unpaired) electrons. The van der Waals surface area contributed by atoms with Gasteiger partial charge >= 0.3 is 0 Å². The Kier molecular flexibility index (Phi) is 5.49. The van der Waals surface area contributed by atoms with E-state index in [-0.39, 0.29) is 17.8 Å². The molecule has 0 atom stereocenters. The molecule has 1 aliphatic heterocycles. The lowest BCUT2D eigenvalue weighted by Crippen LogP contribution is -2.34. The maximum Gasteiger partial charge on any atom is 0.251 e. The van der Waals surface area contributed by atoms with E-state index in [0.29, 0.717) is 24.3 Å². The van der Waals surface area contributed by atoms with Gasteiger partial charge in [-0.3, -0.25) is 4.79 Å². The van der Waals surface area contributed by atoms with Gasteiger partial charge in [0.25, 0.3) is 5.91 Å². The molecule has 1 amide bonds. The average Bonchev–Trinajstić information content (AvgIpc) is 2.47. The number of benzene rings is 1. The van der Waals surface area contributed by atoms with Crippen LogP contribution in [0.1, 0.15) is 28.8 Å². The minimum atomic E-state index is -0.358. The van der Waals surface area contributed by atoms with Crippen molar-refractivity contribution in [1.82, 2.24) is 10.6 Å². The second-order valence-corrected chi connectivity index (χ2v) is 5.04. The quantitative estimate of drug-likeness (QED) is 0.806. The molecular formula is C15H21FN2O2. The normalized spacial score (nSPS) is 16.1. The lowest BCUT2D eigenvalue weighted by Gasteiger charge is -2.22. The van der Waals surface area contributed by atoms with Crippen LogP contribution in [0.15, 0.2) is 18.2 Å². The van der Waals surface area contributed by atoms with E-state index < -0.39 is 0 Å². The molecule has 0 saturated carbocycles. The zero-order valence-electron chi connectivity index (χ0n) is 11.7. The van der Waals surface area contributed by atoms with Crippen molar-refractivity contribution in [1.29, 1.82) is 0 Å². The molecule has 1 saturated heterocycles. The van der Waals surface area contributed by atoms with Gasteiger partial charge in [-0.15, -0.1) is 0 Å². The summed E-state index contributed by atoms with van der Waals surface area (Å²) < 4.78 is 19.0. The number of piperidine rings is 1. The highest BCUT2D eigenvalue weighted by molar-refractivity contribution is 5.94. The van der Waals surface area contributed by atoms with Crippen molar-refractivity contribution in [3.05, 3.63) is 35.1 Å². The first kappa shape index (κ1) is 14.9. The van der Waals surface area contributed by atoms with E-state index in [1.165, 1.54) is 6.07 Å². The van der Waals surface area contributed by atoms with Crippen LogP contribution in [-0.2, 0) is 4.74 Å². The Hall–Kier alpha value is -1.46. The van der Waals surface area contributed by atoms with Crippen LogP contribution in [-0.4, -0.2) is 38.3 Å². The summed E-state index contributed by atoms with van der Waals surface area (Å²) in [5, 5.41) is 6.01. The third-order valence-electron chi connectivity index (χ3n) is 3.46. The Labute approximate surface area is 118 Å². The molecule has 1 heterocycles. The van der Waals surface area contributed by atoms with E-state index in [1.54, 1.807) is 19.1 Å². The zero-order chi connectivity index (χ0) is 14.4. The van der Waals surface area contributed by atoms with Crippen LogP contribution in [0.5, 0.6) is 0 Å². The molecule has 0 aromatic heterocycles. The number of aryl methyl sites for hydroxylation is 1. The summed E-state index contributed by atoms with van der Waals surface area (Å²) in [7, 11) is 0. The van der Waals surface area contributed by atoms with Crippen LogP contribution in [0.2, 0.25) is 0 Å². The standard InChI is InChI=1S/C15H21FN2O2/c1-11-2-3-12(10-14(11)16)15(19)18-8-9-20-13-4-6-17-7-5-13/h2-3,10,13,17H,4-9H2,1H3,(H,18,19). The number of hydrogen-bond acceptors (Lipinski definition) is 3. The molecule has 1 fully saturated rings. The van der Waals surface area contributed by atoms with E-state index in [2.05, 4.69) is 10.6 Å². The second-order valence-electron chi connectivity index (χ2n) is 5.04. The summed E-state index contributed by atoms with van der Waals surface area (Å²) in [4.78, 5) is 11.8. The molecule has 5 heteroatoms. The fourth-order valence-corrected chi connectivity index (χ4v) is 2.19. The third-order valence-corrected chi connectivity index (χ3v) is 3.46. The second kappa shape index (κ2) is 7.36. The Balaban J connectivity index is 1.70. The first-order valence-corrected chi connectivity index (χ1v) is 7.03. The minimum Gasteiger partial charge on any atom is -0.376 e. The first-order chi connectivity index (χ1) is 9.66. The van der Waals surface area contributed by atoms with Crippen molar-refractivity contribution in [3.8, 4) is 0 Å². The van der Waals surface area contributed by atoms with Gasteiger partial charge < -0.3 is 15.4 Å². The van der Waals surface area contributed by atoms with Crippen molar-refractivity contribution >= 4 is 5.91 Å². The molecule has 0 unspecified atom stereocenters. The fourth-order valence-electron chi connectivity index (χ4n) is 2.19. The molecule has 2 N–H and O–H groups in total. The molecule has 0 bridgehead atoms. The molecule has 1 aromatic carbocycles.